The molecule has 1 aliphatic rings. The lowest BCUT2D eigenvalue weighted by Gasteiger charge is -2.07. The smallest absolute Gasteiger partial charge is 0.504 e. The molecular weight excluding hydrogens is 447 g/mol. The number of aromatic hydroxyl groups is 2. The van der Waals surface area contributed by atoms with Crippen molar-refractivity contribution in [2.24, 2.45) is 0 Å². The summed E-state index contributed by atoms with van der Waals surface area (Å²) in [6, 6.07) is 9.09. The van der Waals surface area contributed by atoms with Crippen LogP contribution in [-0.2, 0) is 28.3 Å². The number of methoxy groups -OCH3 is 2. The van der Waals surface area contributed by atoms with Gasteiger partial charge in [-0.2, -0.15) is 0 Å². The standard InChI is InChI=1S/C23H19BO10/c1-30-20-11-14(5-9-18(20)26)3-7-16(25)13-17(32-24-33-22(28)23(29)34-24)8-4-15-6-10-19(27)21(12-15)31-2/h3-13,26-27H,1-2H3/b7-3+,8-4+,17-13-. The van der Waals surface area contributed by atoms with Crippen LogP contribution in [-0.4, -0.2) is 49.5 Å². The van der Waals surface area contributed by atoms with Crippen molar-refractivity contribution < 1.29 is 48.0 Å². The molecule has 2 aromatic carbocycles. The first kappa shape index (κ1) is 24.0. The minimum atomic E-state index is -1.65. The topological polar surface area (TPSA) is 138 Å². The van der Waals surface area contributed by atoms with E-state index >= 15 is 0 Å². The highest BCUT2D eigenvalue weighted by atomic mass is 16.8. The molecule has 0 atom stereocenters. The molecule has 11 heteroatoms. The molecule has 1 saturated heterocycles. The summed E-state index contributed by atoms with van der Waals surface area (Å²) < 4.78 is 24.7. The fraction of sp³-hybridized carbons (Fsp3) is 0.0870. The highest BCUT2D eigenvalue weighted by molar-refractivity contribution is 6.56. The maximum Gasteiger partial charge on any atom is 0.868 e. The lowest BCUT2D eigenvalue weighted by atomic mass is 10.1. The van der Waals surface area contributed by atoms with Crippen molar-refractivity contribution in [2.75, 3.05) is 14.2 Å². The molecule has 10 nitrogen and oxygen atoms in total. The maximum atomic E-state index is 12.5. The van der Waals surface area contributed by atoms with Crippen molar-refractivity contribution in [2.45, 2.75) is 0 Å². The monoisotopic (exact) mass is 466 g/mol. The van der Waals surface area contributed by atoms with Crippen LogP contribution in [0.1, 0.15) is 11.1 Å². The number of hydrogen-bond acceptors (Lipinski definition) is 10. The summed E-state index contributed by atoms with van der Waals surface area (Å²) in [6.45, 7) is 0. The second-order valence-electron chi connectivity index (χ2n) is 6.70. The van der Waals surface area contributed by atoms with E-state index in [1.54, 1.807) is 18.2 Å². The average molecular weight is 466 g/mol. The van der Waals surface area contributed by atoms with Gasteiger partial charge in [-0.25, -0.2) is 9.59 Å². The van der Waals surface area contributed by atoms with E-state index in [4.69, 9.17) is 14.1 Å². The average Bonchev–Trinajstić information content (AvgIpc) is 3.14. The van der Waals surface area contributed by atoms with Crippen molar-refractivity contribution >= 4 is 37.2 Å². The minimum absolute atomic E-state index is 0.0433. The van der Waals surface area contributed by atoms with Crippen molar-refractivity contribution in [1.29, 1.82) is 0 Å². The third kappa shape index (κ3) is 6.19. The lowest BCUT2D eigenvalue weighted by Crippen LogP contribution is -2.20. The molecule has 0 radical (unpaired) electrons. The molecule has 0 aliphatic carbocycles. The van der Waals surface area contributed by atoms with E-state index in [9.17, 15) is 24.6 Å². The van der Waals surface area contributed by atoms with E-state index in [0.29, 0.717) is 11.1 Å². The summed E-state index contributed by atoms with van der Waals surface area (Å²) in [5, 5.41) is 19.4. The summed E-state index contributed by atoms with van der Waals surface area (Å²) in [6.07, 6.45) is 6.72. The Morgan fingerprint density at radius 2 is 1.35 bits per heavy atom. The van der Waals surface area contributed by atoms with E-state index in [1.807, 2.05) is 0 Å². The molecule has 2 N–H and O–H groups in total. The van der Waals surface area contributed by atoms with Crippen LogP contribution in [0.2, 0.25) is 0 Å². The van der Waals surface area contributed by atoms with Gasteiger partial charge in [-0.3, -0.25) is 4.79 Å². The Balaban J connectivity index is 1.82. The molecule has 0 saturated carbocycles. The van der Waals surface area contributed by atoms with E-state index < -0.39 is 25.0 Å². The van der Waals surface area contributed by atoms with E-state index in [0.717, 1.165) is 6.08 Å². The zero-order chi connectivity index (χ0) is 24.7. The summed E-state index contributed by atoms with van der Waals surface area (Å²) in [5.41, 5.74) is 1.17. The van der Waals surface area contributed by atoms with Gasteiger partial charge < -0.3 is 33.6 Å². The van der Waals surface area contributed by atoms with Gasteiger partial charge in [0, 0.05) is 6.08 Å². The minimum Gasteiger partial charge on any atom is -0.504 e. The van der Waals surface area contributed by atoms with Crippen LogP contribution < -0.4 is 9.47 Å². The van der Waals surface area contributed by atoms with Gasteiger partial charge in [0.1, 0.15) is 5.76 Å². The first-order valence-electron chi connectivity index (χ1n) is 9.73. The number of rotatable bonds is 9. The van der Waals surface area contributed by atoms with Crippen LogP contribution in [0.15, 0.2) is 60.4 Å². The zero-order valence-electron chi connectivity index (χ0n) is 18.1. The molecule has 1 heterocycles. The van der Waals surface area contributed by atoms with Crippen LogP contribution in [0.25, 0.3) is 12.2 Å². The highest BCUT2D eigenvalue weighted by Crippen LogP contribution is 2.28. The number of phenols is 2. The predicted molar refractivity (Wildman–Crippen MR) is 119 cm³/mol. The van der Waals surface area contributed by atoms with Crippen LogP contribution >= 0.6 is 0 Å². The summed E-state index contributed by atoms with van der Waals surface area (Å²) in [4.78, 5) is 35.0. The quantitative estimate of drug-likeness (QED) is 0.186. The first-order valence-corrected chi connectivity index (χ1v) is 9.73. The Morgan fingerprint density at radius 1 is 0.853 bits per heavy atom. The number of ketones is 1. The summed E-state index contributed by atoms with van der Waals surface area (Å²) in [5.74, 6) is -2.65. The SMILES string of the molecule is COc1cc(/C=C/C(=O)/C=C(/C=C/c2ccc(O)c(OC)c2)OB2OC(=O)C(=O)O2)ccc1O. The molecule has 0 amide bonds. The van der Waals surface area contributed by atoms with Gasteiger partial charge in [0.25, 0.3) is 0 Å². The van der Waals surface area contributed by atoms with Crippen LogP contribution in [0.4, 0.5) is 0 Å². The molecular formula is C23H19BO10. The van der Waals surface area contributed by atoms with Gasteiger partial charge >= 0.3 is 19.3 Å². The number of phenolic OH excluding ortho intramolecular Hbond substituents is 2. The second kappa shape index (κ2) is 10.8. The van der Waals surface area contributed by atoms with Crippen LogP contribution in [0, 0.1) is 0 Å². The summed E-state index contributed by atoms with van der Waals surface area (Å²) in [7, 11) is 1.15. The van der Waals surface area contributed by atoms with Gasteiger partial charge in [-0.05, 0) is 47.5 Å². The van der Waals surface area contributed by atoms with E-state index in [2.05, 4.69) is 9.31 Å². The van der Waals surface area contributed by atoms with E-state index in [1.165, 1.54) is 56.7 Å². The number of ether oxygens (including phenoxy) is 2. The largest absolute Gasteiger partial charge is 0.868 e. The van der Waals surface area contributed by atoms with Gasteiger partial charge in [-0.15, -0.1) is 0 Å². The van der Waals surface area contributed by atoms with Gasteiger partial charge in [-0.1, -0.05) is 24.3 Å². The number of benzene rings is 2. The molecule has 0 unspecified atom stereocenters. The van der Waals surface area contributed by atoms with Crippen molar-refractivity contribution in [3.63, 3.8) is 0 Å². The fourth-order valence-corrected chi connectivity index (χ4v) is 2.72. The lowest BCUT2D eigenvalue weighted by molar-refractivity contribution is -0.150. The Hall–Kier alpha value is -4.67. The molecule has 0 bridgehead atoms. The zero-order valence-corrected chi connectivity index (χ0v) is 18.1. The predicted octanol–water partition coefficient (Wildman–Crippen LogP) is 2.40. The highest BCUT2D eigenvalue weighted by Gasteiger charge is 2.46. The first-order chi connectivity index (χ1) is 16.3. The number of carbonyl (C=O) groups is 3. The maximum absolute atomic E-state index is 12.5. The van der Waals surface area contributed by atoms with Gasteiger partial charge in [0.2, 0.25) is 0 Å². The van der Waals surface area contributed by atoms with Gasteiger partial charge in [0.05, 0.1) is 14.2 Å². The van der Waals surface area contributed by atoms with Crippen molar-refractivity contribution in [3.05, 3.63) is 71.5 Å². The molecule has 0 aromatic heterocycles. The normalized spacial score (nSPS) is 13.8. The van der Waals surface area contributed by atoms with Gasteiger partial charge in [0.15, 0.2) is 28.8 Å². The van der Waals surface area contributed by atoms with Crippen LogP contribution in [0.3, 0.4) is 0 Å². The number of allylic oxidation sites excluding steroid dienone is 3. The molecule has 3 rings (SSSR count). The Bertz CT molecular complexity index is 1180. The second-order valence-corrected chi connectivity index (χ2v) is 6.70. The number of carbonyl (C=O) groups excluding carboxylic acids is 3. The molecule has 1 fully saturated rings. The molecule has 34 heavy (non-hydrogen) atoms. The molecule has 2 aromatic rings. The Labute approximate surface area is 194 Å². The third-order valence-electron chi connectivity index (χ3n) is 4.38. The fourth-order valence-electron chi connectivity index (χ4n) is 2.72. The Kier molecular flexibility index (Phi) is 7.60. The molecule has 174 valence electrons. The van der Waals surface area contributed by atoms with E-state index in [-0.39, 0.29) is 28.8 Å². The van der Waals surface area contributed by atoms with Crippen molar-refractivity contribution in [1.82, 2.24) is 0 Å². The molecule has 1 aliphatic heterocycles. The number of hydrogen-bond donors (Lipinski definition) is 2. The third-order valence-corrected chi connectivity index (χ3v) is 4.38. The molecule has 0 spiro atoms. The Morgan fingerprint density at radius 3 is 1.85 bits per heavy atom. The van der Waals surface area contributed by atoms with Crippen LogP contribution in [0.5, 0.6) is 23.0 Å². The summed E-state index contributed by atoms with van der Waals surface area (Å²) >= 11 is 0. The van der Waals surface area contributed by atoms with Crippen molar-refractivity contribution in [3.8, 4) is 23.0 Å².